The van der Waals surface area contributed by atoms with E-state index in [2.05, 4.69) is 10.6 Å². The number of ether oxygens (including phenoxy) is 2. The van der Waals surface area contributed by atoms with Crippen LogP contribution in [0.4, 0.5) is 5.69 Å². The molecular formula is C20H28N2O5S. The largest absolute Gasteiger partial charge is 0.490 e. The number of amides is 2. The molecule has 2 rings (SSSR count). The second-order valence-electron chi connectivity index (χ2n) is 6.57. The van der Waals surface area contributed by atoms with Gasteiger partial charge in [-0.05, 0) is 37.1 Å². The molecule has 1 aromatic carbocycles. The Morgan fingerprint density at radius 3 is 2.57 bits per heavy atom. The van der Waals surface area contributed by atoms with Gasteiger partial charge in [-0.1, -0.05) is 18.2 Å². The summed E-state index contributed by atoms with van der Waals surface area (Å²) in [7, 11) is 0. The fourth-order valence-corrected chi connectivity index (χ4v) is 3.12. The second kappa shape index (κ2) is 13.2. The molecular weight excluding hydrogens is 380 g/mol. The molecule has 1 fully saturated rings. The molecule has 0 unspecified atom stereocenters. The Kier molecular flexibility index (Phi) is 10.5. The zero-order chi connectivity index (χ0) is 20.0. The van der Waals surface area contributed by atoms with E-state index in [0.717, 1.165) is 68.5 Å². The highest BCUT2D eigenvalue weighted by Gasteiger charge is 2.15. The van der Waals surface area contributed by atoms with Crippen molar-refractivity contribution >= 4 is 34.9 Å². The summed E-state index contributed by atoms with van der Waals surface area (Å²) < 4.78 is 11.2. The second-order valence-corrected chi connectivity index (χ2v) is 7.38. The van der Waals surface area contributed by atoms with Crippen LogP contribution in [-0.4, -0.2) is 49.0 Å². The van der Waals surface area contributed by atoms with Gasteiger partial charge in [0.2, 0.25) is 11.8 Å². The average Bonchev–Trinajstić information content (AvgIpc) is 2.71. The Bertz CT molecular complexity index is 618. The molecule has 0 bridgehead atoms. The number of nitrogens with one attached hydrogen (secondary N) is 2. The Morgan fingerprint density at radius 1 is 1.11 bits per heavy atom. The van der Waals surface area contributed by atoms with Crippen molar-refractivity contribution in [2.24, 2.45) is 0 Å². The van der Waals surface area contributed by atoms with Crippen molar-refractivity contribution in [2.45, 2.75) is 44.6 Å². The summed E-state index contributed by atoms with van der Waals surface area (Å²) in [6, 6.07) is 7.44. The van der Waals surface area contributed by atoms with Crippen LogP contribution in [0.15, 0.2) is 24.3 Å². The minimum absolute atomic E-state index is 0.0236. The van der Waals surface area contributed by atoms with Gasteiger partial charge in [-0.15, -0.1) is 0 Å². The van der Waals surface area contributed by atoms with Gasteiger partial charge in [0.15, 0.2) is 5.62 Å². The minimum atomic E-state index is -0.140. The van der Waals surface area contributed by atoms with Crippen LogP contribution in [0.2, 0.25) is 0 Å². The fourth-order valence-electron chi connectivity index (χ4n) is 2.80. The van der Waals surface area contributed by atoms with Crippen LogP contribution in [0.1, 0.15) is 38.5 Å². The van der Waals surface area contributed by atoms with Gasteiger partial charge >= 0.3 is 0 Å². The number of hydrogen-bond donors (Lipinski definition) is 2. The van der Waals surface area contributed by atoms with Crippen molar-refractivity contribution < 1.29 is 23.9 Å². The van der Waals surface area contributed by atoms with Crippen LogP contribution in [-0.2, 0) is 19.1 Å². The number of anilines is 1. The SMILES string of the molecule is O=CSCC(=O)NCCCCCC(=O)Nc1ccc(OC2CCOCC2)cc1. The van der Waals surface area contributed by atoms with Gasteiger partial charge in [-0.2, -0.15) is 0 Å². The summed E-state index contributed by atoms with van der Waals surface area (Å²) >= 11 is 0.940. The molecule has 0 aromatic heterocycles. The Morgan fingerprint density at radius 2 is 1.86 bits per heavy atom. The molecule has 1 saturated heterocycles. The predicted molar refractivity (Wildman–Crippen MR) is 110 cm³/mol. The maximum absolute atomic E-state index is 12.0. The van der Waals surface area contributed by atoms with Crippen molar-refractivity contribution in [3.8, 4) is 5.75 Å². The zero-order valence-electron chi connectivity index (χ0n) is 16.0. The molecule has 1 aliphatic rings. The van der Waals surface area contributed by atoms with Crippen LogP contribution in [0.3, 0.4) is 0 Å². The third-order valence-corrected chi connectivity index (χ3v) is 4.86. The molecule has 0 radical (unpaired) electrons. The highest BCUT2D eigenvalue weighted by atomic mass is 32.2. The molecule has 1 aliphatic heterocycles. The number of benzene rings is 1. The molecule has 0 aliphatic carbocycles. The number of hydrogen-bond acceptors (Lipinski definition) is 6. The van der Waals surface area contributed by atoms with Crippen LogP contribution < -0.4 is 15.4 Å². The third kappa shape index (κ3) is 9.23. The van der Waals surface area contributed by atoms with E-state index in [9.17, 15) is 14.4 Å². The van der Waals surface area contributed by atoms with Crippen molar-refractivity contribution in [1.29, 1.82) is 0 Å². The Balaban J connectivity index is 1.56. The molecule has 28 heavy (non-hydrogen) atoms. The Labute approximate surface area is 169 Å². The van der Waals surface area contributed by atoms with E-state index in [1.54, 1.807) is 0 Å². The van der Waals surface area contributed by atoms with Gasteiger partial charge in [0, 0.05) is 31.5 Å². The average molecular weight is 409 g/mol. The summed E-state index contributed by atoms with van der Waals surface area (Å²) in [5.41, 5.74) is 1.41. The molecule has 2 N–H and O–H groups in total. The lowest BCUT2D eigenvalue weighted by molar-refractivity contribution is -0.118. The summed E-state index contributed by atoms with van der Waals surface area (Å²) in [6.45, 7) is 2.04. The van der Waals surface area contributed by atoms with E-state index >= 15 is 0 Å². The molecule has 0 saturated carbocycles. The summed E-state index contributed by atoms with van der Waals surface area (Å²) in [6.07, 6.45) is 4.86. The topological polar surface area (TPSA) is 93.7 Å². The van der Waals surface area contributed by atoms with E-state index in [1.165, 1.54) is 0 Å². The smallest absolute Gasteiger partial charge is 0.230 e. The van der Waals surface area contributed by atoms with Crippen LogP contribution >= 0.6 is 11.8 Å². The van der Waals surface area contributed by atoms with Crippen molar-refractivity contribution in [3.05, 3.63) is 24.3 Å². The van der Waals surface area contributed by atoms with Crippen molar-refractivity contribution in [2.75, 3.05) is 30.8 Å². The first-order valence-electron chi connectivity index (χ1n) is 9.63. The van der Waals surface area contributed by atoms with Crippen molar-refractivity contribution in [1.82, 2.24) is 5.32 Å². The quantitative estimate of drug-likeness (QED) is 0.408. The first-order chi connectivity index (χ1) is 13.7. The third-order valence-electron chi connectivity index (χ3n) is 4.29. The number of carbonyl (C=O) groups is 3. The molecule has 7 nitrogen and oxygen atoms in total. The molecule has 2 amide bonds. The van der Waals surface area contributed by atoms with Gasteiger partial charge in [0.1, 0.15) is 11.9 Å². The maximum atomic E-state index is 12.0. The first kappa shape index (κ1) is 22.2. The van der Waals surface area contributed by atoms with Gasteiger partial charge in [0.25, 0.3) is 0 Å². The molecule has 0 atom stereocenters. The standard InChI is InChI=1S/C20H28N2O5S/c23-15-28-14-20(25)21-11-3-1-2-4-19(24)22-16-5-7-17(8-6-16)27-18-9-12-26-13-10-18/h5-8,15,18H,1-4,9-14H2,(H,21,25)(H,22,24). The van der Waals surface area contributed by atoms with Gasteiger partial charge < -0.3 is 20.1 Å². The fraction of sp³-hybridized carbons (Fsp3) is 0.550. The van der Waals surface area contributed by atoms with Crippen LogP contribution in [0.5, 0.6) is 5.75 Å². The molecule has 154 valence electrons. The lowest BCUT2D eigenvalue weighted by Gasteiger charge is -2.23. The molecule has 8 heteroatoms. The predicted octanol–water partition coefficient (Wildman–Crippen LogP) is 2.78. The number of thioether (sulfide) groups is 1. The molecule has 1 heterocycles. The first-order valence-corrected chi connectivity index (χ1v) is 10.7. The highest BCUT2D eigenvalue weighted by molar-refractivity contribution is 8.12. The number of rotatable bonds is 12. The van der Waals surface area contributed by atoms with Crippen LogP contribution in [0, 0.1) is 0 Å². The highest BCUT2D eigenvalue weighted by Crippen LogP contribution is 2.20. The maximum Gasteiger partial charge on any atom is 0.230 e. The van der Waals surface area contributed by atoms with Crippen molar-refractivity contribution in [3.63, 3.8) is 0 Å². The zero-order valence-corrected chi connectivity index (χ0v) is 16.8. The van der Waals surface area contributed by atoms with E-state index in [4.69, 9.17) is 9.47 Å². The summed E-state index contributed by atoms with van der Waals surface area (Å²) in [5.74, 6) is 0.798. The summed E-state index contributed by atoms with van der Waals surface area (Å²) in [5, 5.41) is 5.63. The number of carbonyl (C=O) groups excluding carboxylic acids is 3. The summed E-state index contributed by atoms with van der Waals surface area (Å²) in [4.78, 5) is 33.5. The Hall–Kier alpha value is -2.06. The van der Waals surface area contributed by atoms with Gasteiger partial charge in [-0.25, -0.2) is 0 Å². The normalized spacial score (nSPS) is 14.3. The minimum Gasteiger partial charge on any atom is -0.490 e. The van der Waals surface area contributed by atoms with E-state index in [0.29, 0.717) is 18.6 Å². The molecule has 1 aromatic rings. The van der Waals surface area contributed by atoms with E-state index in [1.807, 2.05) is 24.3 Å². The van der Waals surface area contributed by atoms with Crippen LogP contribution in [0.25, 0.3) is 0 Å². The van der Waals surface area contributed by atoms with Gasteiger partial charge in [-0.3, -0.25) is 14.4 Å². The number of unbranched alkanes of at least 4 members (excludes halogenated alkanes) is 2. The van der Waals surface area contributed by atoms with Gasteiger partial charge in [0.05, 0.1) is 19.0 Å². The van der Waals surface area contributed by atoms with E-state index < -0.39 is 0 Å². The lowest BCUT2D eigenvalue weighted by Crippen LogP contribution is -2.26. The van der Waals surface area contributed by atoms with E-state index in [-0.39, 0.29) is 23.7 Å². The molecule has 0 spiro atoms. The lowest BCUT2D eigenvalue weighted by atomic mass is 10.1. The monoisotopic (exact) mass is 408 g/mol.